The zero-order valence-corrected chi connectivity index (χ0v) is 14.8. The zero-order valence-electron chi connectivity index (χ0n) is 14.8. The summed E-state index contributed by atoms with van der Waals surface area (Å²) < 4.78 is 56.0. The predicted molar refractivity (Wildman–Crippen MR) is 94.1 cm³/mol. The van der Waals surface area contributed by atoms with Crippen molar-refractivity contribution in [1.29, 1.82) is 0 Å². The smallest absolute Gasteiger partial charge is 0.194 e. The van der Waals surface area contributed by atoms with E-state index in [4.69, 9.17) is 0 Å². The minimum atomic E-state index is -1.48. The second kappa shape index (κ2) is 6.71. The molecule has 0 aliphatic heterocycles. The van der Waals surface area contributed by atoms with Crippen LogP contribution in [-0.2, 0) is 6.42 Å². The van der Waals surface area contributed by atoms with Gasteiger partial charge in [-0.25, -0.2) is 17.6 Å². The summed E-state index contributed by atoms with van der Waals surface area (Å²) in [5, 5.41) is 0. The third-order valence-electron chi connectivity index (χ3n) is 6.11. The molecular weight excluding hydrogens is 340 g/mol. The summed E-state index contributed by atoms with van der Waals surface area (Å²) in [6, 6.07) is 4.34. The molecule has 0 radical (unpaired) electrons. The van der Waals surface area contributed by atoms with Crippen molar-refractivity contribution >= 4 is 0 Å². The highest BCUT2D eigenvalue weighted by Crippen LogP contribution is 2.44. The van der Waals surface area contributed by atoms with Gasteiger partial charge in [0.2, 0.25) is 0 Å². The van der Waals surface area contributed by atoms with E-state index in [9.17, 15) is 17.6 Å². The molecule has 138 valence electrons. The van der Waals surface area contributed by atoms with Gasteiger partial charge in [0.1, 0.15) is 5.82 Å². The Morgan fingerprint density at radius 3 is 2.31 bits per heavy atom. The molecule has 0 heterocycles. The maximum atomic E-state index is 14.8. The Labute approximate surface area is 151 Å². The van der Waals surface area contributed by atoms with Gasteiger partial charge in [-0.2, -0.15) is 0 Å². The fraction of sp³-hybridized carbons (Fsp3) is 0.455. The Hall–Kier alpha value is -1.84. The van der Waals surface area contributed by atoms with Gasteiger partial charge in [0.15, 0.2) is 17.5 Å². The summed E-state index contributed by atoms with van der Waals surface area (Å²) in [6.45, 7) is 2.20. The van der Waals surface area contributed by atoms with Gasteiger partial charge in [-0.1, -0.05) is 25.8 Å². The topological polar surface area (TPSA) is 0 Å². The number of rotatable bonds is 3. The largest absolute Gasteiger partial charge is 0.206 e. The van der Waals surface area contributed by atoms with E-state index in [1.54, 1.807) is 0 Å². The summed E-state index contributed by atoms with van der Waals surface area (Å²) >= 11 is 0. The molecule has 2 aromatic carbocycles. The highest BCUT2D eigenvalue weighted by Gasteiger charge is 2.30. The molecule has 1 fully saturated rings. The summed E-state index contributed by atoms with van der Waals surface area (Å²) in [7, 11) is 0. The number of hydrogen-bond acceptors (Lipinski definition) is 0. The molecule has 0 atom stereocenters. The first-order chi connectivity index (χ1) is 12.5. The lowest BCUT2D eigenvalue weighted by atomic mass is 9.77. The fourth-order valence-corrected chi connectivity index (χ4v) is 4.78. The first-order valence-electron chi connectivity index (χ1n) is 9.48. The van der Waals surface area contributed by atoms with Gasteiger partial charge >= 0.3 is 0 Å². The molecule has 0 saturated heterocycles. The number of halogens is 4. The average Bonchev–Trinajstić information content (AvgIpc) is 3.00. The van der Waals surface area contributed by atoms with Crippen LogP contribution in [0.25, 0.3) is 11.1 Å². The van der Waals surface area contributed by atoms with E-state index in [1.165, 1.54) is 18.9 Å². The second-order valence-electron chi connectivity index (χ2n) is 7.73. The van der Waals surface area contributed by atoms with Crippen LogP contribution < -0.4 is 0 Å². The highest BCUT2D eigenvalue weighted by molar-refractivity contribution is 5.78. The van der Waals surface area contributed by atoms with Crippen LogP contribution >= 0.6 is 0 Å². The van der Waals surface area contributed by atoms with Crippen molar-refractivity contribution in [2.45, 2.75) is 57.8 Å². The van der Waals surface area contributed by atoms with Gasteiger partial charge in [-0.15, -0.1) is 0 Å². The van der Waals surface area contributed by atoms with Gasteiger partial charge in [-0.3, -0.25) is 0 Å². The molecule has 1 saturated carbocycles. The normalized spacial score (nSPS) is 21.6. The lowest BCUT2D eigenvalue weighted by Gasteiger charge is -2.29. The van der Waals surface area contributed by atoms with Gasteiger partial charge in [0, 0.05) is 17.5 Å². The lowest BCUT2D eigenvalue weighted by molar-refractivity contribution is 0.308. The summed E-state index contributed by atoms with van der Waals surface area (Å²) in [6.07, 6.45) is 6.94. The lowest BCUT2D eigenvalue weighted by Crippen LogP contribution is -2.13. The monoisotopic (exact) mass is 362 g/mol. The van der Waals surface area contributed by atoms with E-state index in [2.05, 4.69) is 6.92 Å². The summed E-state index contributed by atoms with van der Waals surface area (Å²) in [5.41, 5.74) is 2.00. The standard InChI is InChI=1S/C22H22F4/c1-2-3-12-4-6-13(7-5-12)14-8-15-9-17-16(20(15)18(23)10-14)11-19(24)22(26)21(17)25/h8,10-13H,2-7,9H2,1H3/t12-,13-. The van der Waals surface area contributed by atoms with Crippen LogP contribution in [0.4, 0.5) is 17.6 Å². The van der Waals surface area contributed by atoms with Crippen molar-refractivity contribution in [3.05, 3.63) is 58.2 Å². The van der Waals surface area contributed by atoms with E-state index >= 15 is 0 Å². The molecule has 4 heteroatoms. The van der Waals surface area contributed by atoms with Gasteiger partial charge in [0.05, 0.1) is 0 Å². The molecule has 0 aromatic heterocycles. The summed E-state index contributed by atoms with van der Waals surface area (Å²) in [4.78, 5) is 0. The van der Waals surface area contributed by atoms with Gasteiger partial charge in [0.25, 0.3) is 0 Å². The Bertz CT molecular complexity index is 848. The van der Waals surface area contributed by atoms with Gasteiger partial charge < -0.3 is 0 Å². The first kappa shape index (κ1) is 17.6. The van der Waals surface area contributed by atoms with Crippen molar-refractivity contribution in [1.82, 2.24) is 0 Å². The minimum Gasteiger partial charge on any atom is -0.206 e. The Morgan fingerprint density at radius 1 is 0.885 bits per heavy atom. The third-order valence-corrected chi connectivity index (χ3v) is 6.11. The molecule has 2 aromatic rings. The van der Waals surface area contributed by atoms with Gasteiger partial charge in [-0.05, 0) is 66.3 Å². The van der Waals surface area contributed by atoms with E-state index in [-0.39, 0.29) is 23.1 Å². The molecule has 0 amide bonds. The number of benzene rings is 2. The van der Waals surface area contributed by atoms with E-state index < -0.39 is 23.3 Å². The quantitative estimate of drug-likeness (QED) is 0.352. The van der Waals surface area contributed by atoms with Crippen LogP contribution in [0.3, 0.4) is 0 Å². The molecular formula is C22H22F4. The molecule has 0 nitrogen and oxygen atoms in total. The Morgan fingerprint density at radius 2 is 1.62 bits per heavy atom. The van der Waals surface area contributed by atoms with E-state index in [1.807, 2.05) is 6.07 Å². The predicted octanol–water partition coefficient (Wildman–Crippen LogP) is 6.89. The van der Waals surface area contributed by atoms with Crippen molar-refractivity contribution in [2.24, 2.45) is 5.92 Å². The molecule has 2 aliphatic rings. The SMILES string of the molecule is CCC[C@H]1CC[C@H](c2cc(F)c3c(c2)Cc2c-3cc(F)c(F)c2F)CC1. The maximum Gasteiger partial charge on any atom is 0.194 e. The van der Waals surface area contributed by atoms with Crippen molar-refractivity contribution in [3.63, 3.8) is 0 Å². The maximum absolute atomic E-state index is 14.8. The number of hydrogen-bond donors (Lipinski definition) is 0. The van der Waals surface area contributed by atoms with Crippen LogP contribution in [0.1, 0.15) is 68.1 Å². The molecule has 0 spiro atoms. The molecule has 2 aliphatic carbocycles. The Kier molecular flexibility index (Phi) is 4.54. The van der Waals surface area contributed by atoms with Crippen molar-refractivity contribution in [2.75, 3.05) is 0 Å². The molecule has 0 unspecified atom stereocenters. The zero-order chi connectivity index (χ0) is 18.4. The summed E-state index contributed by atoms with van der Waals surface area (Å²) in [5.74, 6) is -3.34. The molecule has 4 rings (SSSR count). The molecule has 0 N–H and O–H groups in total. The fourth-order valence-electron chi connectivity index (χ4n) is 4.78. The number of fused-ring (bicyclic) bond motifs is 3. The van der Waals surface area contributed by atoms with Crippen LogP contribution in [0.15, 0.2) is 18.2 Å². The first-order valence-corrected chi connectivity index (χ1v) is 9.48. The van der Waals surface area contributed by atoms with Crippen molar-refractivity contribution in [3.8, 4) is 11.1 Å². The molecule has 26 heavy (non-hydrogen) atoms. The minimum absolute atomic E-state index is 0.0570. The average molecular weight is 362 g/mol. The van der Waals surface area contributed by atoms with Crippen LogP contribution in [0, 0.1) is 29.2 Å². The Balaban J connectivity index is 1.65. The van der Waals surface area contributed by atoms with Crippen LogP contribution in [0.2, 0.25) is 0 Å². The molecule has 0 bridgehead atoms. The van der Waals surface area contributed by atoms with Crippen LogP contribution in [0.5, 0.6) is 0 Å². The third kappa shape index (κ3) is 2.83. The van der Waals surface area contributed by atoms with Crippen molar-refractivity contribution < 1.29 is 17.6 Å². The van der Waals surface area contributed by atoms with E-state index in [0.717, 1.165) is 43.2 Å². The highest BCUT2D eigenvalue weighted by atomic mass is 19.2. The van der Waals surface area contributed by atoms with Crippen LogP contribution in [-0.4, -0.2) is 0 Å². The second-order valence-corrected chi connectivity index (χ2v) is 7.73. The van der Waals surface area contributed by atoms with E-state index in [0.29, 0.717) is 11.5 Å².